The molecule has 0 saturated carbocycles. The van der Waals surface area contributed by atoms with Gasteiger partial charge in [0, 0.05) is 21.3 Å². The van der Waals surface area contributed by atoms with Gasteiger partial charge in [-0.05, 0) is 0 Å². The van der Waals surface area contributed by atoms with Gasteiger partial charge in [-0.15, -0.1) is 0 Å². The van der Waals surface area contributed by atoms with Gasteiger partial charge in [0.25, 0.3) is 0 Å². The number of aromatic nitrogens is 4. The largest absolute Gasteiger partial charge is 0.387 e. The van der Waals surface area contributed by atoms with Crippen LogP contribution in [-0.4, -0.2) is 70.8 Å². The summed E-state index contributed by atoms with van der Waals surface area (Å²) in [6.45, 7) is 4.28. The van der Waals surface area contributed by atoms with Crippen LogP contribution in [0.3, 0.4) is 0 Å². The van der Waals surface area contributed by atoms with Crippen LogP contribution in [0.1, 0.15) is 20.1 Å². The average Bonchev–Trinajstić information content (AvgIpc) is 3.18. The number of aliphatic hydroxyl groups excluding tert-OH is 1. The molecule has 3 heterocycles. The molecule has 0 spiro atoms. The maximum atomic E-state index is 10.3. The summed E-state index contributed by atoms with van der Waals surface area (Å²) >= 11 is 0. The maximum Gasteiger partial charge on any atom is 0.167 e. The molecule has 4 atom stereocenters. The lowest BCUT2D eigenvalue weighted by atomic mass is 10.1. The number of hydrogen-bond acceptors (Lipinski definition) is 8. The zero-order chi connectivity index (χ0) is 17.7. The van der Waals surface area contributed by atoms with Crippen LogP contribution < -0.4 is 5.32 Å². The fourth-order valence-corrected chi connectivity index (χ4v) is 2.72. The fraction of sp³-hybridized carbons (Fsp3) is 0.667. The highest BCUT2D eigenvalue weighted by Crippen LogP contribution is 2.33. The minimum absolute atomic E-state index is 0.279. The Hall–Kier alpha value is -1.81. The molecule has 0 amide bonds. The van der Waals surface area contributed by atoms with E-state index in [0.29, 0.717) is 17.0 Å². The molecule has 1 fully saturated rings. The Morgan fingerprint density at radius 3 is 2.67 bits per heavy atom. The number of nitrogens with zero attached hydrogens (tertiary/aromatic N) is 4. The Morgan fingerprint density at radius 1 is 1.29 bits per heavy atom. The molecule has 2 aromatic rings. The topological polar surface area (TPSA) is 104 Å². The molecule has 4 unspecified atom stereocenters. The van der Waals surface area contributed by atoms with Gasteiger partial charge in [0.05, 0.1) is 12.9 Å². The van der Waals surface area contributed by atoms with Crippen molar-refractivity contribution >= 4 is 17.0 Å². The Labute approximate surface area is 141 Å². The Bertz CT molecular complexity index is 650. The lowest BCUT2D eigenvalue weighted by Gasteiger charge is -2.19. The number of fused-ring (bicyclic) bond motifs is 1. The minimum Gasteiger partial charge on any atom is -0.387 e. The summed E-state index contributed by atoms with van der Waals surface area (Å²) in [4.78, 5) is 12.7. The predicted molar refractivity (Wildman–Crippen MR) is 88.8 cm³/mol. The second-order valence-electron chi connectivity index (χ2n) is 5.01. The van der Waals surface area contributed by atoms with E-state index in [1.54, 1.807) is 25.1 Å². The van der Waals surface area contributed by atoms with Gasteiger partial charge in [-0.2, -0.15) is 0 Å². The number of rotatable bonds is 5. The second kappa shape index (κ2) is 8.34. The van der Waals surface area contributed by atoms with Crippen LogP contribution >= 0.6 is 0 Å². The molecule has 9 heteroatoms. The molecule has 2 N–H and O–H groups in total. The number of methoxy groups -OCH3 is 2. The lowest BCUT2D eigenvalue weighted by Crippen LogP contribution is -2.35. The lowest BCUT2D eigenvalue weighted by molar-refractivity contribution is -0.0630. The smallest absolute Gasteiger partial charge is 0.167 e. The highest BCUT2D eigenvalue weighted by Gasteiger charge is 2.45. The van der Waals surface area contributed by atoms with Crippen molar-refractivity contribution in [1.82, 2.24) is 19.5 Å². The van der Waals surface area contributed by atoms with Crippen molar-refractivity contribution in [2.75, 3.05) is 33.2 Å². The number of aliphatic hydroxyl groups is 1. The summed E-state index contributed by atoms with van der Waals surface area (Å²) in [7, 11) is 4.86. The van der Waals surface area contributed by atoms with Crippen LogP contribution in [0.2, 0.25) is 0 Å². The highest BCUT2D eigenvalue weighted by molar-refractivity contribution is 5.82. The first kappa shape index (κ1) is 18.5. The first-order valence-electron chi connectivity index (χ1n) is 7.91. The molecule has 24 heavy (non-hydrogen) atoms. The minimum atomic E-state index is -0.794. The number of nitrogens with one attached hydrogen (secondary N) is 1. The Balaban J connectivity index is 0.00000100. The molecule has 0 aliphatic carbocycles. The van der Waals surface area contributed by atoms with Crippen LogP contribution in [-0.2, 0) is 14.2 Å². The third kappa shape index (κ3) is 3.20. The van der Waals surface area contributed by atoms with Crippen LogP contribution in [0, 0.1) is 0 Å². The Kier molecular flexibility index (Phi) is 6.44. The number of anilines is 1. The molecule has 1 aliphatic heterocycles. The fourth-order valence-electron chi connectivity index (χ4n) is 2.72. The standard InChI is InChI=1S/C13H19N5O4.C2H6/c1-14-11-8-12(16-5-15-11)18(6-17-8)13-10(21-3)9(19)7(22-13)4-20-2;1-2/h5-7,9-10,13,19H,4H2,1-3H3,(H,14,15,16);1-2H3. The monoisotopic (exact) mass is 339 g/mol. The zero-order valence-electron chi connectivity index (χ0n) is 14.6. The molecular weight excluding hydrogens is 314 g/mol. The number of ether oxygens (including phenoxy) is 3. The van der Waals surface area contributed by atoms with Crippen LogP contribution in [0.15, 0.2) is 12.7 Å². The van der Waals surface area contributed by atoms with E-state index < -0.39 is 24.5 Å². The van der Waals surface area contributed by atoms with Crippen molar-refractivity contribution in [2.45, 2.75) is 38.4 Å². The summed E-state index contributed by atoms with van der Waals surface area (Å²) in [5.41, 5.74) is 1.24. The normalized spacial score (nSPS) is 26.2. The predicted octanol–water partition coefficient (Wildman–Crippen LogP) is 0.814. The second-order valence-corrected chi connectivity index (χ2v) is 5.01. The highest BCUT2D eigenvalue weighted by atomic mass is 16.6. The van der Waals surface area contributed by atoms with Crippen molar-refractivity contribution in [3.05, 3.63) is 12.7 Å². The summed E-state index contributed by atoms with van der Waals surface area (Å²) in [5.74, 6) is 0.629. The van der Waals surface area contributed by atoms with Crippen molar-refractivity contribution in [3.8, 4) is 0 Å². The quantitative estimate of drug-likeness (QED) is 0.825. The van der Waals surface area contributed by atoms with Gasteiger partial charge in [-0.25, -0.2) is 15.0 Å². The molecule has 1 saturated heterocycles. The molecule has 134 valence electrons. The van der Waals surface area contributed by atoms with E-state index >= 15 is 0 Å². The number of imidazole rings is 1. The molecule has 3 rings (SSSR count). The van der Waals surface area contributed by atoms with E-state index in [0.717, 1.165) is 0 Å². The van der Waals surface area contributed by atoms with E-state index in [4.69, 9.17) is 14.2 Å². The average molecular weight is 339 g/mol. The van der Waals surface area contributed by atoms with Gasteiger partial charge < -0.3 is 24.6 Å². The molecule has 9 nitrogen and oxygen atoms in total. The van der Waals surface area contributed by atoms with Crippen molar-refractivity contribution in [2.24, 2.45) is 0 Å². The first-order chi connectivity index (χ1) is 11.7. The molecule has 1 aliphatic rings. The molecule has 2 aromatic heterocycles. The molecular formula is C15H25N5O4. The van der Waals surface area contributed by atoms with E-state index in [1.165, 1.54) is 13.4 Å². The third-order valence-electron chi connectivity index (χ3n) is 3.79. The van der Waals surface area contributed by atoms with Crippen molar-refractivity contribution in [3.63, 3.8) is 0 Å². The summed E-state index contributed by atoms with van der Waals surface area (Å²) in [6.07, 6.45) is 0.724. The van der Waals surface area contributed by atoms with E-state index in [-0.39, 0.29) is 6.61 Å². The van der Waals surface area contributed by atoms with Crippen molar-refractivity contribution in [1.29, 1.82) is 0 Å². The molecule has 0 bridgehead atoms. The molecule has 0 aromatic carbocycles. The van der Waals surface area contributed by atoms with E-state index in [2.05, 4.69) is 20.3 Å². The van der Waals surface area contributed by atoms with Gasteiger partial charge in [-0.3, -0.25) is 4.57 Å². The molecule has 0 radical (unpaired) electrons. The van der Waals surface area contributed by atoms with Crippen molar-refractivity contribution < 1.29 is 19.3 Å². The van der Waals surface area contributed by atoms with Gasteiger partial charge in [-0.1, -0.05) is 13.8 Å². The Morgan fingerprint density at radius 2 is 2.04 bits per heavy atom. The van der Waals surface area contributed by atoms with Gasteiger partial charge in [0.1, 0.15) is 30.2 Å². The third-order valence-corrected chi connectivity index (χ3v) is 3.79. The van der Waals surface area contributed by atoms with Crippen LogP contribution in [0.25, 0.3) is 11.2 Å². The van der Waals surface area contributed by atoms with Crippen LogP contribution in [0.4, 0.5) is 5.82 Å². The zero-order valence-corrected chi connectivity index (χ0v) is 14.6. The summed E-state index contributed by atoms with van der Waals surface area (Å²) in [6, 6.07) is 0. The summed E-state index contributed by atoms with van der Waals surface area (Å²) < 4.78 is 18.1. The van der Waals surface area contributed by atoms with Gasteiger partial charge in [0.2, 0.25) is 0 Å². The van der Waals surface area contributed by atoms with Crippen LogP contribution in [0.5, 0.6) is 0 Å². The summed E-state index contributed by atoms with van der Waals surface area (Å²) in [5, 5.41) is 13.3. The maximum absolute atomic E-state index is 10.3. The number of hydrogen-bond donors (Lipinski definition) is 2. The van der Waals surface area contributed by atoms with Gasteiger partial charge in [0.15, 0.2) is 17.7 Å². The van der Waals surface area contributed by atoms with E-state index in [1.807, 2.05) is 13.8 Å². The SMILES string of the molecule is CC.CNc1ncnc2c1ncn2C1OC(COC)C(O)C1OC. The first-order valence-corrected chi connectivity index (χ1v) is 7.91. The van der Waals surface area contributed by atoms with E-state index in [9.17, 15) is 5.11 Å². The van der Waals surface area contributed by atoms with Gasteiger partial charge >= 0.3 is 0 Å².